The molecule has 2 unspecified atom stereocenters. The molecule has 1 aliphatic rings. The molecule has 0 saturated carbocycles. The second-order valence-electron chi connectivity index (χ2n) is 10.2. The molecule has 0 aliphatic carbocycles. The highest BCUT2D eigenvalue weighted by Crippen LogP contribution is 2.48. The van der Waals surface area contributed by atoms with Gasteiger partial charge in [-0.25, -0.2) is 0 Å². The standard InChI is InChI=1S/C28H47N3O5/c1-6-9-12-14-16-28(17-15-13-10-7-2)27(33)26(29-18-11-8-3)22-19-23(30(5)21(4)32)24(31(34)35)20-25(22)36-28/h19-20,26-27,29,33H,6-18H2,1-5H3. The lowest BCUT2D eigenvalue weighted by atomic mass is 9.77. The number of aliphatic hydroxyl groups is 1. The van der Waals surface area contributed by atoms with Crippen LogP contribution in [0.1, 0.15) is 116 Å². The van der Waals surface area contributed by atoms with Crippen molar-refractivity contribution in [1.29, 1.82) is 0 Å². The number of rotatable bonds is 16. The van der Waals surface area contributed by atoms with Gasteiger partial charge in [0.15, 0.2) is 0 Å². The normalized spacial score (nSPS) is 18.4. The molecule has 2 atom stereocenters. The van der Waals surface area contributed by atoms with Crippen LogP contribution in [-0.2, 0) is 4.79 Å². The predicted octanol–water partition coefficient (Wildman–Crippen LogP) is 6.44. The Morgan fingerprint density at radius 1 is 1.06 bits per heavy atom. The second kappa shape index (κ2) is 14.5. The number of carbonyl (C=O) groups is 1. The Bertz CT molecular complexity index is 848. The monoisotopic (exact) mass is 505 g/mol. The maximum atomic E-state index is 12.1. The third kappa shape index (κ3) is 7.42. The summed E-state index contributed by atoms with van der Waals surface area (Å²) in [5.41, 5.74) is -0.0889. The van der Waals surface area contributed by atoms with E-state index in [4.69, 9.17) is 4.74 Å². The minimum Gasteiger partial charge on any atom is -0.484 e. The third-order valence-corrected chi connectivity index (χ3v) is 7.44. The van der Waals surface area contributed by atoms with Crippen LogP contribution in [0.3, 0.4) is 0 Å². The first-order chi connectivity index (χ1) is 17.2. The van der Waals surface area contributed by atoms with E-state index in [-0.39, 0.29) is 17.3 Å². The molecular formula is C28H47N3O5. The lowest BCUT2D eigenvalue weighted by molar-refractivity contribution is -0.384. The van der Waals surface area contributed by atoms with Gasteiger partial charge < -0.3 is 20.1 Å². The average molecular weight is 506 g/mol. The van der Waals surface area contributed by atoms with E-state index in [1.807, 2.05) is 0 Å². The summed E-state index contributed by atoms with van der Waals surface area (Å²) in [5.74, 6) is 0.139. The van der Waals surface area contributed by atoms with E-state index in [1.54, 1.807) is 6.07 Å². The number of nitrogens with one attached hydrogen (secondary N) is 1. The van der Waals surface area contributed by atoms with E-state index in [9.17, 15) is 20.0 Å². The molecule has 204 valence electrons. The molecule has 2 N–H and O–H groups in total. The first kappa shape index (κ1) is 30.0. The van der Waals surface area contributed by atoms with Gasteiger partial charge in [0.25, 0.3) is 5.69 Å². The number of hydrogen-bond donors (Lipinski definition) is 2. The van der Waals surface area contributed by atoms with Gasteiger partial charge in [0.1, 0.15) is 23.1 Å². The van der Waals surface area contributed by atoms with Gasteiger partial charge in [0.05, 0.1) is 17.0 Å². The van der Waals surface area contributed by atoms with Gasteiger partial charge in [-0.15, -0.1) is 0 Å². The van der Waals surface area contributed by atoms with Gasteiger partial charge >= 0.3 is 0 Å². The van der Waals surface area contributed by atoms with Crippen LogP contribution in [0, 0.1) is 10.1 Å². The van der Waals surface area contributed by atoms with Crippen LogP contribution in [0.15, 0.2) is 12.1 Å². The number of unbranched alkanes of at least 4 members (excludes halogenated alkanes) is 7. The molecule has 1 aliphatic heterocycles. The summed E-state index contributed by atoms with van der Waals surface area (Å²) in [5, 5.41) is 27.4. The maximum Gasteiger partial charge on any atom is 0.296 e. The van der Waals surface area contributed by atoms with Crippen LogP contribution in [0.4, 0.5) is 11.4 Å². The van der Waals surface area contributed by atoms with Crippen LogP contribution >= 0.6 is 0 Å². The predicted molar refractivity (Wildman–Crippen MR) is 145 cm³/mol. The Balaban J connectivity index is 2.57. The summed E-state index contributed by atoms with van der Waals surface area (Å²) in [4.78, 5) is 24.9. The summed E-state index contributed by atoms with van der Waals surface area (Å²) in [6.07, 6.45) is 11.1. The molecule has 0 bridgehead atoms. The molecule has 2 rings (SSSR count). The van der Waals surface area contributed by atoms with Gasteiger partial charge in [0.2, 0.25) is 5.91 Å². The Labute approximate surface area is 216 Å². The largest absolute Gasteiger partial charge is 0.484 e. The van der Waals surface area contributed by atoms with E-state index >= 15 is 0 Å². The van der Waals surface area contributed by atoms with Crippen LogP contribution in [0.2, 0.25) is 0 Å². The molecule has 0 fully saturated rings. The summed E-state index contributed by atoms with van der Waals surface area (Å²) in [6, 6.07) is 2.68. The number of benzene rings is 1. The number of hydrogen-bond acceptors (Lipinski definition) is 6. The number of nitro benzene ring substituents is 1. The lowest BCUT2D eigenvalue weighted by Gasteiger charge is -2.47. The molecule has 0 radical (unpaired) electrons. The Morgan fingerprint density at radius 3 is 2.14 bits per heavy atom. The van der Waals surface area contributed by atoms with Gasteiger partial charge in [-0.3, -0.25) is 14.9 Å². The Kier molecular flexibility index (Phi) is 12.1. The van der Waals surface area contributed by atoms with Crippen molar-refractivity contribution >= 4 is 17.3 Å². The topological polar surface area (TPSA) is 105 Å². The van der Waals surface area contributed by atoms with Crippen molar-refractivity contribution in [2.45, 2.75) is 122 Å². The number of aliphatic hydroxyl groups excluding tert-OH is 1. The van der Waals surface area contributed by atoms with E-state index in [0.29, 0.717) is 30.7 Å². The van der Waals surface area contributed by atoms with Crippen LogP contribution in [0.5, 0.6) is 5.75 Å². The van der Waals surface area contributed by atoms with E-state index in [2.05, 4.69) is 26.1 Å². The molecule has 36 heavy (non-hydrogen) atoms. The number of fused-ring (bicyclic) bond motifs is 1. The van der Waals surface area contributed by atoms with Crippen molar-refractivity contribution in [3.8, 4) is 5.75 Å². The average Bonchev–Trinajstić information content (AvgIpc) is 2.85. The first-order valence-corrected chi connectivity index (χ1v) is 13.9. The highest BCUT2D eigenvalue weighted by atomic mass is 16.6. The van der Waals surface area contributed by atoms with Crippen molar-refractivity contribution in [3.05, 3.63) is 27.8 Å². The molecule has 1 aromatic carbocycles. The molecule has 1 aromatic rings. The molecule has 0 saturated heterocycles. The van der Waals surface area contributed by atoms with Gasteiger partial charge in [-0.05, 0) is 44.7 Å². The quantitative estimate of drug-likeness (QED) is 0.152. The number of nitro groups is 1. The van der Waals surface area contributed by atoms with Crippen LogP contribution in [-0.4, -0.2) is 41.2 Å². The zero-order valence-electron chi connectivity index (χ0n) is 23.0. The number of nitrogens with zero attached hydrogens (tertiary/aromatic N) is 2. The van der Waals surface area contributed by atoms with E-state index in [1.165, 1.54) is 24.9 Å². The fraction of sp³-hybridized carbons (Fsp3) is 0.750. The fourth-order valence-corrected chi connectivity index (χ4v) is 5.12. The molecule has 0 spiro atoms. The van der Waals surface area contributed by atoms with Gasteiger partial charge in [0, 0.05) is 19.5 Å². The second-order valence-corrected chi connectivity index (χ2v) is 10.2. The van der Waals surface area contributed by atoms with E-state index < -0.39 is 22.7 Å². The van der Waals surface area contributed by atoms with Crippen molar-refractivity contribution in [2.24, 2.45) is 0 Å². The molecule has 8 nitrogen and oxygen atoms in total. The van der Waals surface area contributed by atoms with Crippen LogP contribution in [0.25, 0.3) is 0 Å². The summed E-state index contributed by atoms with van der Waals surface area (Å²) >= 11 is 0. The molecule has 0 aromatic heterocycles. The molecular weight excluding hydrogens is 458 g/mol. The van der Waals surface area contributed by atoms with Crippen LogP contribution < -0.4 is 15.0 Å². The zero-order valence-corrected chi connectivity index (χ0v) is 23.0. The Hall–Kier alpha value is -2.19. The van der Waals surface area contributed by atoms with Crippen molar-refractivity contribution in [3.63, 3.8) is 0 Å². The van der Waals surface area contributed by atoms with Crippen molar-refractivity contribution in [2.75, 3.05) is 18.5 Å². The Morgan fingerprint density at radius 2 is 1.64 bits per heavy atom. The smallest absolute Gasteiger partial charge is 0.296 e. The minimum absolute atomic E-state index is 0.166. The van der Waals surface area contributed by atoms with Gasteiger partial charge in [-0.2, -0.15) is 0 Å². The summed E-state index contributed by atoms with van der Waals surface area (Å²) < 4.78 is 6.62. The summed E-state index contributed by atoms with van der Waals surface area (Å²) in [6.45, 7) is 8.55. The lowest BCUT2D eigenvalue weighted by Crippen LogP contribution is -2.56. The molecule has 8 heteroatoms. The number of ether oxygens (including phenoxy) is 1. The maximum absolute atomic E-state index is 12.1. The highest BCUT2D eigenvalue weighted by Gasteiger charge is 2.49. The number of anilines is 1. The molecule has 1 heterocycles. The third-order valence-electron chi connectivity index (χ3n) is 7.44. The first-order valence-electron chi connectivity index (χ1n) is 13.9. The van der Waals surface area contributed by atoms with Crippen molar-refractivity contribution < 1.29 is 19.6 Å². The minimum atomic E-state index is -0.805. The fourth-order valence-electron chi connectivity index (χ4n) is 5.12. The number of carbonyl (C=O) groups excluding carboxylic acids is 1. The van der Waals surface area contributed by atoms with Gasteiger partial charge in [-0.1, -0.05) is 65.7 Å². The zero-order chi connectivity index (χ0) is 26.7. The summed E-state index contributed by atoms with van der Waals surface area (Å²) in [7, 11) is 1.53. The SMILES string of the molecule is CCCCCCC1(CCCCCC)Oc2cc([N+](=O)[O-])c(N(C)C(C)=O)cc2C(NCCCC)C1O. The molecule has 1 amide bonds. The number of amides is 1. The van der Waals surface area contributed by atoms with Crippen molar-refractivity contribution in [1.82, 2.24) is 5.32 Å². The highest BCUT2D eigenvalue weighted by molar-refractivity contribution is 5.94. The van der Waals surface area contributed by atoms with E-state index in [0.717, 1.165) is 64.2 Å².